The highest BCUT2D eigenvalue weighted by Gasteiger charge is 2.23. The molecule has 1 aromatic heterocycles. The highest BCUT2D eigenvalue weighted by Crippen LogP contribution is 2.22. The second kappa shape index (κ2) is 17.3. The molecule has 15 heteroatoms. The molecular weight excluding hydrogens is 599 g/mol. The molecule has 1 atom stereocenters. The molecular formula is C29H34ClFN6O7. The Morgan fingerprint density at radius 2 is 1.82 bits per heavy atom. The van der Waals surface area contributed by atoms with Gasteiger partial charge >= 0.3 is 24.1 Å². The van der Waals surface area contributed by atoms with E-state index in [9.17, 15) is 23.6 Å². The van der Waals surface area contributed by atoms with E-state index in [1.165, 1.54) is 24.1 Å². The quantitative estimate of drug-likeness (QED) is 0.149. The molecule has 0 saturated heterocycles. The molecule has 236 valence electrons. The van der Waals surface area contributed by atoms with Crippen molar-refractivity contribution in [2.45, 2.75) is 32.4 Å². The molecule has 5 amide bonds. The third kappa shape index (κ3) is 10.8. The lowest BCUT2D eigenvalue weighted by Crippen LogP contribution is -2.46. The van der Waals surface area contributed by atoms with Gasteiger partial charge in [0.15, 0.2) is 0 Å². The molecule has 0 bridgehead atoms. The summed E-state index contributed by atoms with van der Waals surface area (Å²) >= 11 is 5.99. The minimum absolute atomic E-state index is 0.0364. The summed E-state index contributed by atoms with van der Waals surface area (Å²) in [4.78, 5) is 50.2. The van der Waals surface area contributed by atoms with Gasteiger partial charge in [-0.2, -0.15) is 0 Å². The normalized spacial score (nSPS) is 11.2. The molecule has 0 aliphatic rings. The van der Waals surface area contributed by atoms with E-state index in [-0.39, 0.29) is 43.8 Å². The van der Waals surface area contributed by atoms with Gasteiger partial charge in [-0.15, -0.1) is 0 Å². The number of nitrogens with one attached hydrogen (secondary N) is 4. The summed E-state index contributed by atoms with van der Waals surface area (Å²) < 4.78 is 29.1. The second-order valence-electron chi connectivity index (χ2n) is 9.36. The molecule has 3 rings (SSSR count). The summed E-state index contributed by atoms with van der Waals surface area (Å²) in [5.41, 5.74) is 1.71. The number of rotatable bonds is 14. The first-order valence-electron chi connectivity index (χ1n) is 13.7. The number of aromatic nitrogens is 1. The van der Waals surface area contributed by atoms with Gasteiger partial charge < -0.3 is 34.8 Å². The van der Waals surface area contributed by atoms with E-state index in [0.29, 0.717) is 24.1 Å². The number of nitrogens with zero attached hydrogens (tertiary/aromatic N) is 2. The summed E-state index contributed by atoms with van der Waals surface area (Å²) in [5.74, 6) is -1.10. The molecule has 0 aliphatic carbocycles. The first-order chi connectivity index (χ1) is 21.2. The Morgan fingerprint density at radius 1 is 1.05 bits per heavy atom. The first-order valence-corrected chi connectivity index (χ1v) is 14.1. The van der Waals surface area contributed by atoms with Crippen molar-refractivity contribution in [1.29, 1.82) is 0 Å². The van der Waals surface area contributed by atoms with Crippen LogP contribution in [0.25, 0.3) is 11.3 Å². The van der Waals surface area contributed by atoms with Gasteiger partial charge in [-0.3, -0.25) is 10.1 Å². The van der Waals surface area contributed by atoms with E-state index in [0.717, 1.165) is 5.56 Å². The largest absolute Gasteiger partial charge is 0.465 e. The summed E-state index contributed by atoms with van der Waals surface area (Å²) in [6.07, 6.45) is -0.128. The average Bonchev–Trinajstić information content (AvgIpc) is 3.48. The van der Waals surface area contributed by atoms with E-state index in [1.807, 2.05) is 30.3 Å². The van der Waals surface area contributed by atoms with Crippen LogP contribution in [0, 0.1) is 5.82 Å². The minimum atomic E-state index is -0.831. The molecule has 2 aromatic carbocycles. The molecule has 1 heterocycles. The van der Waals surface area contributed by atoms with Gasteiger partial charge in [0.05, 0.1) is 17.7 Å². The van der Waals surface area contributed by atoms with Crippen molar-refractivity contribution in [1.82, 2.24) is 26.0 Å². The fourth-order valence-electron chi connectivity index (χ4n) is 3.89. The van der Waals surface area contributed by atoms with E-state index in [2.05, 4.69) is 26.4 Å². The molecule has 3 aromatic rings. The first kappa shape index (κ1) is 33.6. The van der Waals surface area contributed by atoms with Crippen molar-refractivity contribution in [3.05, 3.63) is 71.0 Å². The number of hydrogen-bond donors (Lipinski definition) is 4. The Hall–Kier alpha value is -4.85. The third-order valence-electron chi connectivity index (χ3n) is 6.24. The number of amides is 5. The number of hydrogen-bond acceptors (Lipinski definition) is 8. The van der Waals surface area contributed by atoms with Crippen LogP contribution in [0.5, 0.6) is 0 Å². The standard InChI is InChI=1S/C29H34ClFN6O7/c1-3-42-25(38)17-33-27(39)32-14-8-12-21(37(2)28(40)34-16-20-11-7-13-22(31)26(20)30)18-43-29(41)35-24-15-23(36-44-24)19-9-5-4-6-10-19/h4-7,9-11,13,15,21H,3,8,12,14,16-18H2,1-2H3,(H,34,40)(H,35,41)(H2,32,33,39)/t21-/m0/s1. The maximum absolute atomic E-state index is 13.8. The third-order valence-corrected chi connectivity index (χ3v) is 6.66. The number of ether oxygens (including phenoxy) is 2. The van der Waals surface area contributed by atoms with Crippen molar-refractivity contribution in [2.24, 2.45) is 0 Å². The van der Waals surface area contributed by atoms with Crippen LogP contribution in [0.4, 0.5) is 24.7 Å². The van der Waals surface area contributed by atoms with Crippen LogP contribution in [0.1, 0.15) is 25.3 Å². The minimum Gasteiger partial charge on any atom is -0.465 e. The fourth-order valence-corrected chi connectivity index (χ4v) is 4.08. The molecule has 13 nitrogen and oxygen atoms in total. The van der Waals surface area contributed by atoms with Crippen LogP contribution in [0.2, 0.25) is 5.02 Å². The van der Waals surface area contributed by atoms with Gasteiger partial charge in [0, 0.05) is 31.8 Å². The highest BCUT2D eigenvalue weighted by atomic mass is 35.5. The maximum Gasteiger partial charge on any atom is 0.414 e. The Kier molecular flexibility index (Phi) is 13.2. The predicted molar refractivity (Wildman–Crippen MR) is 159 cm³/mol. The number of benzene rings is 2. The van der Waals surface area contributed by atoms with Gasteiger partial charge in [0.2, 0.25) is 5.88 Å². The van der Waals surface area contributed by atoms with Crippen molar-refractivity contribution >= 4 is 41.6 Å². The van der Waals surface area contributed by atoms with Crippen LogP contribution in [0.3, 0.4) is 0 Å². The number of anilines is 1. The predicted octanol–water partition coefficient (Wildman–Crippen LogP) is 4.54. The van der Waals surface area contributed by atoms with Crippen molar-refractivity contribution in [3.63, 3.8) is 0 Å². The molecule has 0 spiro atoms. The van der Waals surface area contributed by atoms with Crippen molar-refractivity contribution in [3.8, 4) is 11.3 Å². The highest BCUT2D eigenvalue weighted by molar-refractivity contribution is 6.31. The zero-order valence-electron chi connectivity index (χ0n) is 24.2. The molecule has 0 unspecified atom stereocenters. The maximum atomic E-state index is 13.8. The van der Waals surface area contributed by atoms with Gasteiger partial charge in [-0.1, -0.05) is 59.2 Å². The SMILES string of the molecule is CCOC(=O)CNC(=O)NCCC[C@@H](COC(=O)Nc1cc(-c2ccccc2)no1)N(C)C(=O)NCc1cccc(F)c1Cl. The number of esters is 1. The average molecular weight is 633 g/mol. The van der Waals surface area contributed by atoms with E-state index >= 15 is 0 Å². The molecule has 4 N–H and O–H groups in total. The molecule has 0 saturated carbocycles. The second-order valence-corrected chi connectivity index (χ2v) is 9.74. The van der Waals surface area contributed by atoms with Gasteiger partial charge in [0.25, 0.3) is 0 Å². The van der Waals surface area contributed by atoms with Gasteiger partial charge in [-0.05, 0) is 31.4 Å². The van der Waals surface area contributed by atoms with Gasteiger partial charge in [-0.25, -0.2) is 18.8 Å². The lowest BCUT2D eigenvalue weighted by Gasteiger charge is -2.28. The Morgan fingerprint density at radius 3 is 2.57 bits per heavy atom. The zero-order chi connectivity index (χ0) is 31.9. The number of likely N-dealkylation sites (N-methyl/N-ethyl adjacent to an activating group) is 1. The number of carbonyl (C=O) groups excluding carboxylic acids is 4. The van der Waals surface area contributed by atoms with E-state index < -0.39 is 36.0 Å². The van der Waals surface area contributed by atoms with Crippen LogP contribution in [-0.2, 0) is 20.8 Å². The van der Waals surface area contributed by atoms with E-state index in [4.69, 9.17) is 25.6 Å². The van der Waals surface area contributed by atoms with E-state index in [1.54, 1.807) is 19.1 Å². The van der Waals surface area contributed by atoms with Crippen LogP contribution in [-0.4, -0.2) is 73.6 Å². The summed E-state index contributed by atoms with van der Waals surface area (Å²) in [6, 6.07) is 13.3. The zero-order valence-corrected chi connectivity index (χ0v) is 25.0. The number of carbonyl (C=O) groups is 4. The molecule has 0 aliphatic heterocycles. The fraction of sp³-hybridized carbons (Fsp3) is 0.345. The molecule has 0 fully saturated rings. The van der Waals surface area contributed by atoms with Crippen LogP contribution >= 0.6 is 11.6 Å². The van der Waals surface area contributed by atoms with Crippen molar-refractivity contribution in [2.75, 3.05) is 38.7 Å². The summed E-state index contributed by atoms with van der Waals surface area (Å²) in [7, 11) is 1.51. The number of urea groups is 2. The Labute approximate surface area is 258 Å². The van der Waals surface area contributed by atoms with Gasteiger partial charge in [0.1, 0.15) is 24.7 Å². The molecule has 44 heavy (non-hydrogen) atoms. The van der Waals surface area contributed by atoms with Crippen LogP contribution in [0.15, 0.2) is 59.1 Å². The molecule has 0 radical (unpaired) electrons. The van der Waals surface area contributed by atoms with Crippen molar-refractivity contribution < 1.29 is 37.6 Å². The summed E-state index contributed by atoms with van der Waals surface area (Å²) in [6.45, 7) is 1.54. The lowest BCUT2D eigenvalue weighted by atomic mass is 10.1. The number of halogens is 2. The Balaban J connectivity index is 1.55. The van der Waals surface area contributed by atoms with Crippen LogP contribution < -0.4 is 21.3 Å². The monoisotopic (exact) mass is 632 g/mol. The Bertz CT molecular complexity index is 1410. The topological polar surface area (TPSA) is 164 Å². The summed E-state index contributed by atoms with van der Waals surface area (Å²) in [5, 5.41) is 14.0. The smallest absolute Gasteiger partial charge is 0.414 e. The lowest BCUT2D eigenvalue weighted by molar-refractivity contribution is -0.141.